The molecule has 1 fully saturated rings. The zero-order valence-corrected chi connectivity index (χ0v) is 19.2. The van der Waals surface area contributed by atoms with Crippen molar-refractivity contribution >= 4 is 28.0 Å². The third-order valence-electron chi connectivity index (χ3n) is 6.72. The van der Waals surface area contributed by atoms with Gasteiger partial charge < -0.3 is 15.8 Å². The minimum absolute atomic E-state index is 0.0296. The van der Waals surface area contributed by atoms with Crippen LogP contribution in [0, 0.1) is 12.7 Å². The summed E-state index contributed by atoms with van der Waals surface area (Å²) in [5.74, 6) is -0.881. The van der Waals surface area contributed by atoms with Crippen molar-refractivity contribution in [3.63, 3.8) is 0 Å². The Balaban J connectivity index is 1.71. The number of rotatable bonds is 5. The summed E-state index contributed by atoms with van der Waals surface area (Å²) < 4.78 is 54.3. The minimum Gasteiger partial charge on any atom is -0.495 e. The molecule has 0 radical (unpaired) electrons. The predicted molar refractivity (Wildman–Crippen MR) is 123 cm³/mol. The molecule has 2 aliphatic heterocycles. The zero-order chi connectivity index (χ0) is 24.2. The number of nitrogens with one attached hydrogen (secondary N) is 1. The molecular formula is C22H26F2N4O4S. The number of methoxy groups -OCH3 is 1. The van der Waals surface area contributed by atoms with Crippen molar-refractivity contribution in [3.8, 4) is 5.75 Å². The maximum absolute atomic E-state index is 15.0. The SMILES string of the molecule is COc1cnc(C(=O)Nc2ccc(F)c([C@@]3(C)N=C(N)[C@@]4(CF)CC[C@@H]3S4(O)O)c2)c(C)c1. The van der Waals surface area contributed by atoms with Gasteiger partial charge in [-0.1, -0.05) is 0 Å². The summed E-state index contributed by atoms with van der Waals surface area (Å²) in [6.45, 7) is 2.21. The average Bonchev–Trinajstić information content (AvgIpc) is 2.98. The molecule has 8 nitrogen and oxygen atoms in total. The molecule has 3 heterocycles. The summed E-state index contributed by atoms with van der Waals surface area (Å²) in [5.41, 5.74) is 5.64. The fourth-order valence-electron chi connectivity index (χ4n) is 4.79. The van der Waals surface area contributed by atoms with E-state index in [1.807, 2.05) is 0 Å². The van der Waals surface area contributed by atoms with Crippen molar-refractivity contribution in [1.29, 1.82) is 0 Å². The quantitative estimate of drug-likeness (QED) is 0.512. The first-order chi connectivity index (χ1) is 15.5. The highest BCUT2D eigenvalue weighted by Gasteiger charge is 2.65. The number of benzene rings is 1. The van der Waals surface area contributed by atoms with Gasteiger partial charge in [0.1, 0.15) is 40.1 Å². The van der Waals surface area contributed by atoms with Gasteiger partial charge in [-0.2, -0.15) is 10.6 Å². The van der Waals surface area contributed by atoms with E-state index in [-0.39, 0.29) is 35.6 Å². The molecule has 33 heavy (non-hydrogen) atoms. The Hall–Kier alpha value is -2.76. The fraction of sp³-hybridized carbons (Fsp3) is 0.409. The summed E-state index contributed by atoms with van der Waals surface area (Å²) in [5, 5.41) is 1.77. The zero-order valence-electron chi connectivity index (χ0n) is 18.4. The van der Waals surface area contributed by atoms with Crippen LogP contribution in [-0.2, 0) is 5.54 Å². The molecule has 3 atom stereocenters. The highest BCUT2D eigenvalue weighted by molar-refractivity contribution is 8.26. The number of carbonyl (C=O) groups excluding carboxylic acids is 1. The molecule has 1 aromatic carbocycles. The lowest BCUT2D eigenvalue weighted by Gasteiger charge is -2.54. The molecular weight excluding hydrogens is 454 g/mol. The fourth-order valence-corrected chi connectivity index (χ4v) is 7.53. The minimum atomic E-state index is -3.56. The number of carbonyl (C=O) groups is 1. The van der Waals surface area contributed by atoms with E-state index in [1.165, 1.54) is 25.4 Å². The molecule has 1 amide bonds. The van der Waals surface area contributed by atoms with E-state index >= 15 is 4.39 Å². The van der Waals surface area contributed by atoms with Crippen LogP contribution in [0.4, 0.5) is 14.5 Å². The maximum atomic E-state index is 15.0. The summed E-state index contributed by atoms with van der Waals surface area (Å²) in [6, 6.07) is 5.60. The molecule has 4 rings (SSSR count). The highest BCUT2D eigenvalue weighted by atomic mass is 32.3. The number of hydrogen-bond donors (Lipinski definition) is 4. The van der Waals surface area contributed by atoms with Crippen LogP contribution >= 0.6 is 10.6 Å². The number of hydrogen-bond acceptors (Lipinski definition) is 7. The Kier molecular flexibility index (Phi) is 5.62. The van der Waals surface area contributed by atoms with Crippen molar-refractivity contribution < 1.29 is 27.4 Å². The van der Waals surface area contributed by atoms with Gasteiger partial charge in [-0.25, -0.2) is 13.8 Å². The van der Waals surface area contributed by atoms with Crippen molar-refractivity contribution in [2.24, 2.45) is 10.7 Å². The number of aryl methyl sites for hydroxylation is 1. The van der Waals surface area contributed by atoms with Crippen LogP contribution in [0.1, 0.15) is 41.4 Å². The number of nitrogens with zero attached hydrogens (tertiary/aromatic N) is 2. The van der Waals surface area contributed by atoms with Crippen LogP contribution in [0.2, 0.25) is 0 Å². The molecule has 0 unspecified atom stereocenters. The summed E-state index contributed by atoms with van der Waals surface area (Å²) >= 11 is 0. The maximum Gasteiger partial charge on any atom is 0.274 e. The third-order valence-corrected chi connectivity index (χ3v) is 9.88. The molecule has 1 saturated heterocycles. The molecule has 2 aliphatic rings. The second-order valence-electron chi connectivity index (χ2n) is 8.58. The van der Waals surface area contributed by atoms with Crippen LogP contribution in [0.3, 0.4) is 0 Å². The van der Waals surface area contributed by atoms with Gasteiger partial charge in [0.2, 0.25) is 0 Å². The highest BCUT2D eigenvalue weighted by Crippen LogP contribution is 2.71. The van der Waals surface area contributed by atoms with Gasteiger partial charge in [-0.15, -0.1) is 0 Å². The smallest absolute Gasteiger partial charge is 0.274 e. The number of anilines is 1. The molecule has 2 bridgehead atoms. The number of halogens is 2. The van der Waals surface area contributed by atoms with Gasteiger partial charge in [0.05, 0.1) is 18.6 Å². The number of pyridine rings is 1. The van der Waals surface area contributed by atoms with Gasteiger partial charge in [0, 0.05) is 11.3 Å². The van der Waals surface area contributed by atoms with E-state index in [1.54, 1.807) is 19.9 Å². The van der Waals surface area contributed by atoms with Crippen LogP contribution in [0.15, 0.2) is 35.5 Å². The topological polar surface area (TPSA) is 130 Å². The lowest BCUT2D eigenvalue weighted by Crippen LogP contribution is -2.55. The van der Waals surface area contributed by atoms with Crippen molar-refractivity contribution in [2.45, 2.75) is 42.2 Å². The van der Waals surface area contributed by atoms with Crippen LogP contribution in [0.25, 0.3) is 0 Å². The first kappa shape index (κ1) is 23.4. The Morgan fingerprint density at radius 3 is 2.76 bits per heavy atom. The molecule has 0 saturated carbocycles. The van der Waals surface area contributed by atoms with E-state index in [0.717, 1.165) is 6.07 Å². The number of alkyl halides is 1. The monoisotopic (exact) mass is 480 g/mol. The summed E-state index contributed by atoms with van der Waals surface area (Å²) in [7, 11) is -2.07. The van der Waals surface area contributed by atoms with Gasteiger partial charge >= 0.3 is 0 Å². The van der Waals surface area contributed by atoms with E-state index in [0.29, 0.717) is 11.3 Å². The predicted octanol–water partition coefficient (Wildman–Crippen LogP) is 4.00. The molecule has 11 heteroatoms. The third kappa shape index (κ3) is 3.37. The Labute approximate surface area is 191 Å². The number of ether oxygens (including phenoxy) is 1. The van der Waals surface area contributed by atoms with Gasteiger partial charge in [-0.3, -0.25) is 18.9 Å². The number of amidine groups is 1. The largest absolute Gasteiger partial charge is 0.495 e. The summed E-state index contributed by atoms with van der Waals surface area (Å²) in [4.78, 5) is 21.3. The summed E-state index contributed by atoms with van der Waals surface area (Å²) in [6.07, 6.45) is 1.75. The van der Waals surface area contributed by atoms with Crippen LogP contribution < -0.4 is 15.8 Å². The van der Waals surface area contributed by atoms with Crippen LogP contribution in [-0.4, -0.2) is 49.6 Å². The number of amides is 1. The Morgan fingerprint density at radius 2 is 2.12 bits per heavy atom. The van der Waals surface area contributed by atoms with Crippen LogP contribution in [0.5, 0.6) is 5.75 Å². The van der Waals surface area contributed by atoms with Gasteiger partial charge in [0.25, 0.3) is 5.91 Å². The Bertz CT molecular complexity index is 1160. The van der Waals surface area contributed by atoms with E-state index in [9.17, 15) is 18.3 Å². The Morgan fingerprint density at radius 1 is 1.39 bits per heavy atom. The normalized spacial score (nSPS) is 28.7. The average molecular weight is 481 g/mol. The number of nitrogens with two attached hydrogens (primary N) is 1. The molecule has 5 N–H and O–H groups in total. The number of aliphatic imine (C=N–C) groups is 1. The molecule has 1 aromatic heterocycles. The number of fused-ring (bicyclic) bond motifs is 2. The van der Waals surface area contributed by atoms with E-state index in [4.69, 9.17) is 10.5 Å². The second-order valence-corrected chi connectivity index (χ2v) is 11.1. The number of aromatic nitrogens is 1. The molecule has 0 aliphatic carbocycles. The lowest BCUT2D eigenvalue weighted by molar-refractivity contribution is 0.102. The molecule has 0 spiro atoms. The first-order valence-electron chi connectivity index (χ1n) is 10.3. The first-order valence-corrected chi connectivity index (χ1v) is 11.9. The molecule has 178 valence electrons. The second kappa shape index (κ2) is 7.93. The standard InChI is InChI=1S/C22H26F2N4O4S/c1-12-8-14(32-3)10-26-18(12)19(29)27-13-4-5-16(24)15(9-13)21(2)17-6-7-22(11-23,20(25)28-21)33(17,30)31/h4-5,8-10,17,30-31H,6-7,11H2,1-3H3,(H2,25,28)(H,27,29)/t17-,21+,22-/m0/s1. The van der Waals surface area contributed by atoms with E-state index in [2.05, 4.69) is 15.3 Å². The lowest BCUT2D eigenvalue weighted by atomic mass is 9.86. The van der Waals surface area contributed by atoms with Crippen molar-refractivity contribution in [3.05, 3.63) is 53.1 Å². The van der Waals surface area contributed by atoms with Crippen molar-refractivity contribution in [2.75, 3.05) is 19.1 Å². The molecule has 2 aromatic rings. The van der Waals surface area contributed by atoms with Gasteiger partial charge in [0.15, 0.2) is 0 Å². The van der Waals surface area contributed by atoms with Crippen molar-refractivity contribution in [1.82, 2.24) is 4.98 Å². The van der Waals surface area contributed by atoms with Gasteiger partial charge in [-0.05, 0) is 56.5 Å². The van der Waals surface area contributed by atoms with E-state index < -0.39 is 44.5 Å².